The molecular weight excluding hydrogens is 324 g/mol. The molecule has 1 unspecified atom stereocenters. The highest BCUT2D eigenvalue weighted by Gasteiger charge is 2.36. The van der Waals surface area contributed by atoms with Crippen molar-refractivity contribution >= 4 is 11.0 Å². The Morgan fingerprint density at radius 2 is 1.81 bits per heavy atom. The van der Waals surface area contributed by atoms with Gasteiger partial charge in [0.25, 0.3) is 5.56 Å². The van der Waals surface area contributed by atoms with Gasteiger partial charge in [-0.3, -0.25) is 14.3 Å². The van der Waals surface area contributed by atoms with Crippen LogP contribution >= 0.6 is 0 Å². The molecule has 0 bridgehead atoms. The third-order valence-electron chi connectivity index (χ3n) is 6.96. The minimum absolute atomic E-state index is 0.224. The van der Waals surface area contributed by atoms with E-state index in [0.29, 0.717) is 6.04 Å². The van der Waals surface area contributed by atoms with Gasteiger partial charge in [0.15, 0.2) is 0 Å². The topological polar surface area (TPSA) is 43.1 Å². The largest absolute Gasteiger partial charge is 0.280 e. The van der Waals surface area contributed by atoms with Crippen LogP contribution in [0.15, 0.2) is 11.0 Å². The molecule has 0 amide bonds. The Morgan fingerprint density at radius 3 is 2.58 bits per heavy atom. The summed E-state index contributed by atoms with van der Waals surface area (Å²) in [4.78, 5) is 16.3. The van der Waals surface area contributed by atoms with E-state index in [1.165, 1.54) is 49.5 Å². The van der Waals surface area contributed by atoms with Gasteiger partial charge in [-0.05, 0) is 63.9 Å². The Labute approximate surface area is 155 Å². The van der Waals surface area contributed by atoms with E-state index in [-0.39, 0.29) is 11.7 Å². The predicted molar refractivity (Wildman–Crippen MR) is 104 cm³/mol. The number of aromatic nitrogens is 3. The fraction of sp³-hybridized carbons (Fsp3) is 0.714. The van der Waals surface area contributed by atoms with Gasteiger partial charge in [0.05, 0.1) is 12.4 Å². The predicted octanol–water partition coefficient (Wildman–Crippen LogP) is 3.63. The van der Waals surface area contributed by atoms with Crippen molar-refractivity contribution in [2.75, 3.05) is 6.54 Å². The first-order valence-corrected chi connectivity index (χ1v) is 10.7. The van der Waals surface area contributed by atoms with Crippen molar-refractivity contribution in [3.8, 4) is 0 Å². The lowest BCUT2D eigenvalue weighted by atomic mass is 9.91. The van der Waals surface area contributed by atoms with Gasteiger partial charge in [-0.15, -0.1) is 0 Å². The van der Waals surface area contributed by atoms with Gasteiger partial charge in [0.1, 0.15) is 5.65 Å². The fourth-order valence-electron chi connectivity index (χ4n) is 5.74. The molecule has 5 rings (SSSR count). The lowest BCUT2D eigenvalue weighted by Crippen LogP contribution is -2.41. The molecule has 1 saturated heterocycles. The third-order valence-corrected chi connectivity index (χ3v) is 6.96. The highest BCUT2D eigenvalue weighted by molar-refractivity contribution is 5.81. The van der Waals surface area contributed by atoms with E-state index in [4.69, 9.17) is 0 Å². The van der Waals surface area contributed by atoms with Crippen molar-refractivity contribution in [2.24, 2.45) is 0 Å². The number of likely N-dealkylation sites (tertiary alicyclic amines) is 1. The van der Waals surface area contributed by atoms with Gasteiger partial charge in [0, 0.05) is 30.1 Å². The number of rotatable bonds is 3. The van der Waals surface area contributed by atoms with Crippen LogP contribution in [0.1, 0.15) is 75.6 Å². The van der Waals surface area contributed by atoms with Crippen LogP contribution in [0.5, 0.6) is 0 Å². The second-order valence-corrected chi connectivity index (χ2v) is 8.34. The number of nitrogens with zero attached hydrogens (tertiary/aromatic N) is 4. The molecule has 140 valence electrons. The zero-order valence-corrected chi connectivity index (χ0v) is 15.9. The van der Waals surface area contributed by atoms with Gasteiger partial charge < -0.3 is 0 Å². The van der Waals surface area contributed by atoms with Gasteiger partial charge in [0.2, 0.25) is 0 Å². The minimum atomic E-state index is 0.224. The summed E-state index contributed by atoms with van der Waals surface area (Å²) in [6, 6.07) is 0.665. The van der Waals surface area contributed by atoms with Crippen molar-refractivity contribution < 1.29 is 0 Å². The number of fused-ring (bicyclic) bond motifs is 3. The molecule has 3 aliphatic rings. The van der Waals surface area contributed by atoms with Gasteiger partial charge in [-0.2, -0.15) is 5.10 Å². The quantitative estimate of drug-likeness (QED) is 0.845. The van der Waals surface area contributed by atoms with Crippen LogP contribution in [0.25, 0.3) is 11.0 Å². The summed E-state index contributed by atoms with van der Waals surface area (Å²) in [5.74, 6) is 0. The van der Waals surface area contributed by atoms with E-state index >= 15 is 0 Å². The molecule has 2 aromatic heterocycles. The van der Waals surface area contributed by atoms with Crippen molar-refractivity contribution in [1.29, 1.82) is 0 Å². The van der Waals surface area contributed by atoms with Crippen LogP contribution in [-0.4, -0.2) is 31.8 Å². The first-order chi connectivity index (χ1) is 12.8. The van der Waals surface area contributed by atoms with E-state index < -0.39 is 0 Å². The number of pyridine rings is 1. The lowest BCUT2D eigenvalue weighted by Gasteiger charge is -2.33. The van der Waals surface area contributed by atoms with Gasteiger partial charge in [-0.25, -0.2) is 4.68 Å². The van der Waals surface area contributed by atoms with Gasteiger partial charge >= 0.3 is 0 Å². The van der Waals surface area contributed by atoms with Crippen molar-refractivity contribution in [2.45, 2.75) is 89.9 Å². The number of aryl methyl sites for hydroxylation is 2. The summed E-state index contributed by atoms with van der Waals surface area (Å²) in [7, 11) is 0. The maximum absolute atomic E-state index is 13.6. The molecule has 2 fully saturated rings. The SMILES string of the molecule is CCn1ncc2c3c(c(=O)n(C4CCCN4C4CCCC4)c21)CCCC3. The molecule has 0 aromatic carbocycles. The van der Waals surface area contributed by atoms with Crippen molar-refractivity contribution in [3.05, 3.63) is 27.7 Å². The van der Waals surface area contributed by atoms with Crippen LogP contribution < -0.4 is 5.56 Å². The molecule has 1 saturated carbocycles. The van der Waals surface area contributed by atoms with Crippen LogP contribution in [0, 0.1) is 0 Å². The molecule has 2 aliphatic carbocycles. The maximum atomic E-state index is 13.6. The second-order valence-electron chi connectivity index (χ2n) is 8.34. The molecule has 2 aromatic rings. The van der Waals surface area contributed by atoms with Crippen LogP contribution in [0.2, 0.25) is 0 Å². The standard InChI is InChI=1S/C21H30N4O/c1-2-24-20-18(14-22-24)16-10-5-6-11-17(16)21(26)25(20)19-12-7-13-23(19)15-8-3-4-9-15/h14-15,19H,2-13H2,1H3. The van der Waals surface area contributed by atoms with E-state index in [0.717, 1.165) is 50.0 Å². The molecule has 26 heavy (non-hydrogen) atoms. The summed E-state index contributed by atoms with van der Waals surface area (Å²) in [5, 5.41) is 5.89. The Balaban J connectivity index is 1.72. The molecule has 5 heteroatoms. The first kappa shape index (κ1) is 16.5. The molecule has 1 aliphatic heterocycles. The summed E-state index contributed by atoms with van der Waals surface area (Å²) in [6.07, 6.45) is 14.1. The average molecular weight is 354 g/mol. The van der Waals surface area contributed by atoms with Crippen LogP contribution in [-0.2, 0) is 19.4 Å². The Hall–Kier alpha value is -1.62. The third kappa shape index (κ3) is 2.39. The maximum Gasteiger partial charge on any atom is 0.257 e. The Morgan fingerprint density at radius 1 is 1.04 bits per heavy atom. The Kier molecular flexibility index (Phi) is 4.15. The number of hydrogen-bond donors (Lipinski definition) is 0. The average Bonchev–Trinajstić information content (AvgIpc) is 3.42. The zero-order chi connectivity index (χ0) is 17.7. The van der Waals surface area contributed by atoms with E-state index in [2.05, 4.69) is 26.2 Å². The monoisotopic (exact) mass is 354 g/mol. The summed E-state index contributed by atoms with van der Waals surface area (Å²) in [5.41, 5.74) is 3.72. The Bertz CT molecular complexity index is 874. The van der Waals surface area contributed by atoms with E-state index in [1.807, 2.05) is 6.20 Å². The lowest BCUT2D eigenvalue weighted by molar-refractivity contribution is 0.133. The fourth-order valence-corrected chi connectivity index (χ4v) is 5.74. The summed E-state index contributed by atoms with van der Waals surface area (Å²) in [6.45, 7) is 4.09. The minimum Gasteiger partial charge on any atom is -0.280 e. The molecule has 0 N–H and O–H groups in total. The normalized spacial score (nSPS) is 24.6. The summed E-state index contributed by atoms with van der Waals surface area (Å²) >= 11 is 0. The molecule has 5 nitrogen and oxygen atoms in total. The van der Waals surface area contributed by atoms with Crippen LogP contribution in [0.4, 0.5) is 0 Å². The van der Waals surface area contributed by atoms with E-state index in [1.54, 1.807) is 0 Å². The highest BCUT2D eigenvalue weighted by atomic mass is 16.1. The molecule has 0 radical (unpaired) electrons. The van der Waals surface area contributed by atoms with Crippen LogP contribution in [0.3, 0.4) is 0 Å². The highest BCUT2D eigenvalue weighted by Crippen LogP contribution is 2.37. The molecular formula is C21H30N4O. The smallest absolute Gasteiger partial charge is 0.257 e. The second kappa shape index (κ2) is 6.52. The van der Waals surface area contributed by atoms with E-state index in [9.17, 15) is 4.79 Å². The molecule has 3 heterocycles. The van der Waals surface area contributed by atoms with Gasteiger partial charge in [-0.1, -0.05) is 12.8 Å². The molecule has 0 spiro atoms. The first-order valence-electron chi connectivity index (χ1n) is 10.7. The molecule has 1 atom stereocenters. The number of hydrogen-bond acceptors (Lipinski definition) is 3. The summed E-state index contributed by atoms with van der Waals surface area (Å²) < 4.78 is 4.21. The van der Waals surface area contributed by atoms with Crippen molar-refractivity contribution in [1.82, 2.24) is 19.2 Å². The van der Waals surface area contributed by atoms with Crippen molar-refractivity contribution in [3.63, 3.8) is 0 Å². The zero-order valence-electron chi connectivity index (χ0n) is 15.9.